The molecule has 0 saturated carbocycles. The first kappa shape index (κ1) is 16.7. The molecule has 1 amide bonds. The van der Waals surface area contributed by atoms with Crippen LogP contribution in [0.15, 0.2) is 48.5 Å². The van der Waals surface area contributed by atoms with Crippen LogP contribution in [-0.4, -0.2) is 10.9 Å². The van der Waals surface area contributed by atoms with Crippen LogP contribution in [0.2, 0.25) is 0 Å². The van der Waals surface area contributed by atoms with Crippen molar-refractivity contribution in [3.63, 3.8) is 0 Å². The Labute approximate surface area is 146 Å². The van der Waals surface area contributed by atoms with Gasteiger partial charge >= 0.3 is 0 Å². The van der Waals surface area contributed by atoms with Crippen LogP contribution in [0, 0.1) is 6.92 Å². The highest BCUT2D eigenvalue weighted by molar-refractivity contribution is 7.18. The molecular weight excluding hydrogens is 316 g/mol. The van der Waals surface area contributed by atoms with Crippen LogP contribution in [0.1, 0.15) is 41.9 Å². The Morgan fingerprint density at radius 2 is 1.92 bits per heavy atom. The largest absolute Gasteiger partial charge is 0.349 e. The summed E-state index contributed by atoms with van der Waals surface area (Å²) in [7, 11) is 0. The van der Waals surface area contributed by atoms with Gasteiger partial charge in [-0.05, 0) is 31.0 Å². The Kier molecular flexibility index (Phi) is 5.26. The Bertz CT molecular complexity index is 790. The molecule has 0 aliphatic heterocycles. The molecule has 24 heavy (non-hydrogen) atoms. The summed E-state index contributed by atoms with van der Waals surface area (Å²) in [4.78, 5) is 16.9. The summed E-state index contributed by atoms with van der Waals surface area (Å²) in [5.41, 5.74) is 3.41. The summed E-state index contributed by atoms with van der Waals surface area (Å²) in [6.07, 6.45) is 2.05. The van der Waals surface area contributed by atoms with E-state index in [2.05, 4.69) is 54.5 Å². The van der Waals surface area contributed by atoms with Gasteiger partial charge in [-0.3, -0.25) is 4.79 Å². The smallest absolute Gasteiger partial charge is 0.220 e. The molecule has 0 aliphatic carbocycles. The van der Waals surface area contributed by atoms with Crippen molar-refractivity contribution >= 4 is 27.5 Å². The van der Waals surface area contributed by atoms with E-state index >= 15 is 0 Å². The Morgan fingerprint density at radius 1 is 1.17 bits per heavy atom. The van der Waals surface area contributed by atoms with Crippen molar-refractivity contribution in [2.75, 3.05) is 0 Å². The number of aryl methyl sites for hydroxylation is 2. The lowest BCUT2D eigenvalue weighted by molar-refractivity contribution is -0.121. The third-order valence-electron chi connectivity index (χ3n) is 4.13. The van der Waals surface area contributed by atoms with Crippen molar-refractivity contribution in [3.8, 4) is 0 Å². The van der Waals surface area contributed by atoms with E-state index < -0.39 is 0 Å². The fourth-order valence-electron chi connectivity index (χ4n) is 2.73. The number of thiazole rings is 1. The minimum absolute atomic E-state index is 0.0773. The molecule has 0 bridgehead atoms. The monoisotopic (exact) mass is 338 g/mol. The molecule has 1 aromatic heterocycles. The van der Waals surface area contributed by atoms with Gasteiger partial charge in [-0.15, -0.1) is 11.3 Å². The molecule has 0 aliphatic rings. The van der Waals surface area contributed by atoms with E-state index in [0.717, 1.165) is 22.5 Å². The zero-order chi connectivity index (χ0) is 16.9. The van der Waals surface area contributed by atoms with Gasteiger partial charge in [-0.2, -0.15) is 0 Å². The normalized spacial score (nSPS) is 12.2. The second-order valence-corrected chi connectivity index (χ2v) is 7.13. The first-order chi connectivity index (χ1) is 11.7. The number of nitrogens with zero attached hydrogens (tertiary/aromatic N) is 1. The number of para-hydroxylation sites is 1. The van der Waals surface area contributed by atoms with Gasteiger partial charge in [0.15, 0.2) is 0 Å². The standard InChI is InChI=1S/C20H22N2OS/c1-3-16(15-10-8-14(2)9-11-15)21-19(23)12-13-20-22-17-6-4-5-7-18(17)24-20/h4-11,16H,3,12-13H2,1-2H3,(H,21,23)/t16-/m0/s1. The van der Waals surface area contributed by atoms with E-state index in [-0.39, 0.29) is 11.9 Å². The summed E-state index contributed by atoms with van der Waals surface area (Å²) in [5, 5.41) is 4.17. The van der Waals surface area contributed by atoms with Crippen molar-refractivity contribution < 1.29 is 4.79 Å². The van der Waals surface area contributed by atoms with Crippen molar-refractivity contribution in [1.82, 2.24) is 10.3 Å². The van der Waals surface area contributed by atoms with Crippen LogP contribution >= 0.6 is 11.3 Å². The Hall–Kier alpha value is -2.20. The van der Waals surface area contributed by atoms with Gasteiger partial charge in [0.2, 0.25) is 5.91 Å². The molecule has 3 rings (SSSR count). The minimum atomic E-state index is 0.0773. The fraction of sp³-hybridized carbons (Fsp3) is 0.300. The van der Waals surface area contributed by atoms with Crippen LogP contribution in [-0.2, 0) is 11.2 Å². The van der Waals surface area contributed by atoms with Crippen molar-refractivity contribution in [2.24, 2.45) is 0 Å². The van der Waals surface area contributed by atoms with Gasteiger partial charge in [0.25, 0.3) is 0 Å². The lowest BCUT2D eigenvalue weighted by Crippen LogP contribution is -2.28. The number of benzene rings is 2. The van der Waals surface area contributed by atoms with Gasteiger partial charge in [0, 0.05) is 12.8 Å². The van der Waals surface area contributed by atoms with E-state index in [1.807, 2.05) is 18.2 Å². The number of amides is 1. The maximum Gasteiger partial charge on any atom is 0.220 e. The third kappa shape index (κ3) is 4.01. The summed E-state index contributed by atoms with van der Waals surface area (Å²) >= 11 is 1.67. The average Bonchev–Trinajstić information content (AvgIpc) is 3.02. The van der Waals surface area contributed by atoms with Crippen LogP contribution in [0.4, 0.5) is 0 Å². The minimum Gasteiger partial charge on any atom is -0.349 e. The number of hydrogen-bond donors (Lipinski definition) is 1. The highest BCUT2D eigenvalue weighted by atomic mass is 32.1. The van der Waals surface area contributed by atoms with Gasteiger partial charge in [-0.1, -0.05) is 48.9 Å². The zero-order valence-corrected chi connectivity index (χ0v) is 14.9. The molecule has 0 saturated heterocycles. The third-order valence-corrected chi connectivity index (χ3v) is 5.22. The summed E-state index contributed by atoms with van der Waals surface area (Å²) in [5.74, 6) is 0.0849. The molecule has 0 unspecified atom stereocenters. The molecule has 1 heterocycles. The van der Waals surface area contributed by atoms with Crippen molar-refractivity contribution in [2.45, 2.75) is 39.2 Å². The first-order valence-electron chi connectivity index (χ1n) is 8.36. The molecule has 1 atom stereocenters. The lowest BCUT2D eigenvalue weighted by Gasteiger charge is -2.17. The highest BCUT2D eigenvalue weighted by Crippen LogP contribution is 2.23. The molecule has 0 spiro atoms. The molecule has 4 heteroatoms. The summed E-state index contributed by atoms with van der Waals surface area (Å²) in [6, 6.07) is 16.5. The average molecular weight is 338 g/mol. The quantitative estimate of drug-likeness (QED) is 0.701. The maximum atomic E-state index is 12.3. The second-order valence-electron chi connectivity index (χ2n) is 6.01. The van der Waals surface area contributed by atoms with Crippen LogP contribution in [0.3, 0.4) is 0 Å². The number of fused-ring (bicyclic) bond motifs is 1. The summed E-state index contributed by atoms with van der Waals surface area (Å²) in [6.45, 7) is 4.17. The van der Waals surface area contributed by atoms with Gasteiger partial charge in [0.05, 0.1) is 21.3 Å². The second kappa shape index (κ2) is 7.58. The van der Waals surface area contributed by atoms with E-state index in [4.69, 9.17) is 0 Å². The van der Waals surface area contributed by atoms with E-state index in [9.17, 15) is 4.79 Å². The predicted octanol–water partition coefficient (Wildman–Crippen LogP) is 4.80. The number of hydrogen-bond acceptors (Lipinski definition) is 3. The van der Waals surface area contributed by atoms with E-state index in [1.54, 1.807) is 11.3 Å². The molecule has 2 aromatic carbocycles. The fourth-order valence-corrected chi connectivity index (χ4v) is 3.70. The molecule has 3 nitrogen and oxygen atoms in total. The number of aromatic nitrogens is 1. The van der Waals surface area contributed by atoms with Gasteiger partial charge in [0.1, 0.15) is 0 Å². The van der Waals surface area contributed by atoms with Crippen LogP contribution in [0.25, 0.3) is 10.2 Å². The van der Waals surface area contributed by atoms with E-state index in [0.29, 0.717) is 12.8 Å². The van der Waals surface area contributed by atoms with Crippen LogP contribution in [0.5, 0.6) is 0 Å². The zero-order valence-electron chi connectivity index (χ0n) is 14.1. The van der Waals surface area contributed by atoms with Crippen molar-refractivity contribution in [1.29, 1.82) is 0 Å². The first-order valence-corrected chi connectivity index (χ1v) is 9.17. The van der Waals surface area contributed by atoms with Crippen LogP contribution < -0.4 is 5.32 Å². The molecular formula is C20H22N2OS. The van der Waals surface area contributed by atoms with Gasteiger partial charge < -0.3 is 5.32 Å². The van der Waals surface area contributed by atoms with E-state index in [1.165, 1.54) is 10.3 Å². The van der Waals surface area contributed by atoms with Gasteiger partial charge in [-0.25, -0.2) is 4.98 Å². The van der Waals surface area contributed by atoms with Crippen molar-refractivity contribution in [3.05, 3.63) is 64.7 Å². The SMILES string of the molecule is CC[C@H](NC(=O)CCc1nc2ccccc2s1)c1ccc(C)cc1. The lowest BCUT2D eigenvalue weighted by atomic mass is 10.0. The molecule has 3 aromatic rings. The highest BCUT2D eigenvalue weighted by Gasteiger charge is 2.13. The molecule has 0 radical (unpaired) electrons. The number of carbonyl (C=O) groups excluding carboxylic acids is 1. The number of carbonyl (C=O) groups is 1. The number of nitrogens with one attached hydrogen (secondary N) is 1. The molecule has 0 fully saturated rings. The maximum absolute atomic E-state index is 12.3. The summed E-state index contributed by atoms with van der Waals surface area (Å²) < 4.78 is 1.18. The Balaban J connectivity index is 1.58. The predicted molar refractivity (Wildman–Crippen MR) is 100 cm³/mol. The topological polar surface area (TPSA) is 42.0 Å². The number of rotatable bonds is 6. The molecule has 1 N–H and O–H groups in total. The Morgan fingerprint density at radius 3 is 2.62 bits per heavy atom. The molecule has 124 valence electrons.